The lowest BCUT2D eigenvalue weighted by atomic mass is 10.0. The number of hydrogen-bond acceptors (Lipinski definition) is 8. The Balaban J connectivity index is 1.09. The van der Waals surface area contributed by atoms with Gasteiger partial charge in [0, 0.05) is 34.0 Å². The molecule has 10 rings (SSSR count). The monoisotopic (exact) mass is 770 g/mol. The third-order valence-electron chi connectivity index (χ3n) is 10.0. The Bertz CT molecular complexity index is 2770. The molecule has 0 radical (unpaired) electrons. The van der Waals surface area contributed by atoms with Crippen LogP contribution in [-0.4, -0.2) is 39.9 Å². The van der Waals surface area contributed by atoms with Gasteiger partial charge in [-0.25, -0.2) is 34.9 Å². The molecule has 0 saturated heterocycles. The normalized spacial score (nSPS) is 11.0. The van der Waals surface area contributed by atoms with Crippen molar-refractivity contribution in [3.8, 4) is 102 Å². The summed E-state index contributed by atoms with van der Waals surface area (Å²) in [6.45, 7) is 0. The van der Waals surface area contributed by atoms with E-state index in [-0.39, 0.29) is 0 Å². The summed E-state index contributed by atoms with van der Waals surface area (Å²) in [6, 6.07) is 66.3. The molecule has 0 unspecified atom stereocenters. The van der Waals surface area contributed by atoms with Crippen LogP contribution in [0.2, 0.25) is 0 Å². The Morgan fingerprint density at radius 3 is 1.12 bits per heavy atom. The van der Waals surface area contributed by atoms with Gasteiger partial charge in [0.2, 0.25) is 0 Å². The van der Waals surface area contributed by atoms with Gasteiger partial charge in [0.05, 0.1) is 39.9 Å². The molecule has 0 bridgehead atoms. The number of benzene rings is 5. The number of rotatable bonds is 9. The molecule has 0 spiro atoms. The van der Waals surface area contributed by atoms with Crippen LogP contribution in [0.5, 0.6) is 0 Å². The molecular formula is C52H34N8. The number of hydrogen-bond donors (Lipinski definition) is 0. The number of aromatic nitrogens is 8. The van der Waals surface area contributed by atoms with Crippen LogP contribution in [0, 0.1) is 0 Å². The highest BCUT2D eigenvalue weighted by Crippen LogP contribution is 2.33. The summed E-state index contributed by atoms with van der Waals surface area (Å²) in [5.41, 5.74) is 11.5. The maximum Gasteiger partial charge on any atom is 0.164 e. The van der Waals surface area contributed by atoms with Crippen molar-refractivity contribution < 1.29 is 0 Å². The molecule has 8 heteroatoms. The zero-order valence-electron chi connectivity index (χ0n) is 32.2. The van der Waals surface area contributed by atoms with Gasteiger partial charge in [0.15, 0.2) is 23.3 Å². The standard InChI is InChI=1S/C52H34N8/c1-6-17-35(18-7-1)41-32-46(42-27-16-28-43(54-42)48-34-44(36-19-8-2-9-20-36)56-49(57-48)37-21-10-3-11-22-37)55-47(33-41)45-31-40(29-30-53-45)52-59-50(38-23-12-4-13-24-38)58-51(60-52)39-25-14-5-15-26-39/h1-34H. The SMILES string of the molecule is c1ccc(-c2cc(-c3cc(-c4nc(-c5ccccc5)nc(-c5ccccc5)n4)ccn3)nc(-c3cccc(-c4cc(-c5ccccc5)nc(-c5ccccc5)n4)n3)c2)cc1. The molecule has 0 saturated carbocycles. The van der Waals surface area contributed by atoms with Crippen molar-refractivity contribution >= 4 is 0 Å². The van der Waals surface area contributed by atoms with Crippen LogP contribution < -0.4 is 0 Å². The Morgan fingerprint density at radius 1 is 0.200 bits per heavy atom. The summed E-state index contributed by atoms with van der Waals surface area (Å²) < 4.78 is 0. The minimum absolute atomic E-state index is 0.537. The van der Waals surface area contributed by atoms with E-state index in [4.69, 9.17) is 39.9 Å². The van der Waals surface area contributed by atoms with Gasteiger partial charge in [-0.2, -0.15) is 0 Å². The van der Waals surface area contributed by atoms with E-state index in [2.05, 4.69) is 36.4 Å². The van der Waals surface area contributed by atoms with E-state index in [0.717, 1.165) is 44.6 Å². The van der Waals surface area contributed by atoms with E-state index in [1.165, 1.54) is 0 Å². The van der Waals surface area contributed by atoms with Crippen LogP contribution in [0.1, 0.15) is 0 Å². The van der Waals surface area contributed by atoms with Crippen molar-refractivity contribution in [1.82, 2.24) is 39.9 Å². The lowest BCUT2D eigenvalue weighted by Crippen LogP contribution is -2.01. The number of nitrogens with zero attached hydrogens (tertiary/aromatic N) is 8. The van der Waals surface area contributed by atoms with E-state index in [1.807, 2.05) is 164 Å². The first-order chi connectivity index (χ1) is 29.7. The van der Waals surface area contributed by atoms with Crippen LogP contribution in [0.15, 0.2) is 206 Å². The second kappa shape index (κ2) is 16.2. The lowest BCUT2D eigenvalue weighted by molar-refractivity contribution is 1.07. The molecule has 0 atom stereocenters. The van der Waals surface area contributed by atoms with Gasteiger partial charge in [0.1, 0.15) is 0 Å². The molecule has 0 aliphatic rings. The summed E-state index contributed by atoms with van der Waals surface area (Å²) in [5, 5.41) is 0. The van der Waals surface area contributed by atoms with Crippen molar-refractivity contribution in [3.05, 3.63) is 206 Å². The summed E-state index contributed by atoms with van der Waals surface area (Å²) in [6.07, 6.45) is 1.78. The third-order valence-corrected chi connectivity index (χ3v) is 10.0. The van der Waals surface area contributed by atoms with Crippen molar-refractivity contribution in [1.29, 1.82) is 0 Å². The van der Waals surface area contributed by atoms with Gasteiger partial charge in [-0.1, -0.05) is 158 Å². The number of pyridine rings is 3. The Morgan fingerprint density at radius 2 is 0.583 bits per heavy atom. The molecule has 0 N–H and O–H groups in total. The van der Waals surface area contributed by atoms with E-state index < -0.39 is 0 Å². The van der Waals surface area contributed by atoms with E-state index in [0.29, 0.717) is 57.5 Å². The lowest BCUT2D eigenvalue weighted by Gasteiger charge is -2.12. The Hall–Kier alpha value is -8.36. The third kappa shape index (κ3) is 7.68. The summed E-state index contributed by atoms with van der Waals surface area (Å²) in [5.74, 6) is 2.34. The maximum absolute atomic E-state index is 5.22. The fourth-order valence-corrected chi connectivity index (χ4v) is 7.01. The topological polar surface area (TPSA) is 103 Å². The first-order valence-corrected chi connectivity index (χ1v) is 19.6. The summed E-state index contributed by atoms with van der Waals surface area (Å²) in [4.78, 5) is 40.1. The van der Waals surface area contributed by atoms with E-state index >= 15 is 0 Å². The zero-order chi connectivity index (χ0) is 40.1. The van der Waals surface area contributed by atoms with E-state index in [9.17, 15) is 0 Å². The van der Waals surface area contributed by atoms with Crippen LogP contribution >= 0.6 is 0 Å². The van der Waals surface area contributed by atoms with Crippen molar-refractivity contribution in [2.75, 3.05) is 0 Å². The first-order valence-electron chi connectivity index (χ1n) is 19.6. The minimum Gasteiger partial charge on any atom is -0.255 e. The highest BCUT2D eigenvalue weighted by Gasteiger charge is 2.17. The first kappa shape index (κ1) is 36.0. The molecule has 0 aliphatic carbocycles. The Kier molecular flexibility index (Phi) is 9.75. The predicted molar refractivity (Wildman–Crippen MR) is 238 cm³/mol. The second-order valence-electron chi connectivity index (χ2n) is 14.1. The van der Waals surface area contributed by atoms with Crippen LogP contribution in [-0.2, 0) is 0 Å². The molecule has 8 nitrogen and oxygen atoms in total. The van der Waals surface area contributed by atoms with Gasteiger partial charge in [0.25, 0.3) is 0 Å². The average Bonchev–Trinajstić information content (AvgIpc) is 3.35. The smallest absolute Gasteiger partial charge is 0.164 e. The molecular weight excluding hydrogens is 737 g/mol. The van der Waals surface area contributed by atoms with Crippen molar-refractivity contribution in [3.63, 3.8) is 0 Å². The predicted octanol–water partition coefficient (Wildman–Crippen LogP) is 11.8. The highest BCUT2D eigenvalue weighted by atomic mass is 15.0. The van der Waals surface area contributed by atoms with Gasteiger partial charge < -0.3 is 0 Å². The molecule has 5 heterocycles. The van der Waals surface area contributed by atoms with Crippen LogP contribution in [0.3, 0.4) is 0 Å². The van der Waals surface area contributed by atoms with Crippen molar-refractivity contribution in [2.45, 2.75) is 0 Å². The van der Waals surface area contributed by atoms with E-state index in [1.54, 1.807) is 6.20 Å². The maximum atomic E-state index is 5.22. The molecule has 5 aromatic heterocycles. The Labute approximate surface area is 347 Å². The molecule has 60 heavy (non-hydrogen) atoms. The fraction of sp³-hybridized carbons (Fsp3) is 0. The second-order valence-corrected chi connectivity index (χ2v) is 14.1. The summed E-state index contributed by atoms with van der Waals surface area (Å²) in [7, 11) is 0. The fourth-order valence-electron chi connectivity index (χ4n) is 7.01. The molecule has 0 amide bonds. The van der Waals surface area contributed by atoms with Gasteiger partial charge in [-0.3, -0.25) is 4.98 Å². The van der Waals surface area contributed by atoms with Gasteiger partial charge in [-0.15, -0.1) is 0 Å². The average molecular weight is 771 g/mol. The molecule has 0 aliphatic heterocycles. The molecule has 282 valence electrons. The van der Waals surface area contributed by atoms with Crippen LogP contribution in [0.25, 0.3) is 102 Å². The summed E-state index contributed by atoms with van der Waals surface area (Å²) >= 11 is 0. The molecule has 0 fully saturated rings. The highest BCUT2D eigenvalue weighted by molar-refractivity contribution is 5.78. The van der Waals surface area contributed by atoms with Gasteiger partial charge in [-0.05, 0) is 53.6 Å². The molecule has 5 aromatic carbocycles. The zero-order valence-corrected chi connectivity index (χ0v) is 32.2. The van der Waals surface area contributed by atoms with Gasteiger partial charge >= 0.3 is 0 Å². The van der Waals surface area contributed by atoms with Crippen molar-refractivity contribution in [2.24, 2.45) is 0 Å². The quantitative estimate of drug-likeness (QED) is 0.143. The van der Waals surface area contributed by atoms with Crippen LogP contribution in [0.4, 0.5) is 0 Å². The largest absolute Gasteiger partial charge is 0.255 e. The molecule has 10 aromatic rings. The minimum atomic E-state index is 0.537.